The Morgan fingerprint density at radius 1 is 1.11 bits per heavy atom. The van der Waals surface area contributed by atoms with Crippen molar-refractivity contribution in [2.45, 2.75) is 16.6 Å². The minimum atomic E-state index is -3.52. The summed E-state index contributed by atoms with van der Waals surface area (Å²) < 4.78 is 25.7. The number of aromatic nitrogens is 2. The molecule has 1 aliphatic heterocycles. The molecule has 0 unspecified atom stereocenters. The number of aromatic amines is 1. The van der Waals surface area contributed by atoms with Crippen LogP contribution in [-0.4, -0.2) is 47.8 Å². The van der Waals surface area contributed by atoms with Gasteiger partial charge in [-0.2, -0.15) is 5.10 Å². The number of halogens is 1. The highest BCUT2D eigenvalue weighted by molar-refractivity contribution is 7.92. The van der Waals surface area contributed by atoms with E-state index >= 15 is 0 Å². The van der Waals surface area contributed by atoms with Crippen LogP contribution in [0.4, 0.5) is 0 Å². The van der Waals surface area contributed by atoms with E-state index in [0.29, 0.717) is 29.4 Å². The summed E-state index contributed by atoms with van der Waals surface area (Å²) >= 11 is 5.84. The number of amides is 1. The van der Waals surface area contributed by atoms with Crippen LogP contribution in [-0.2, 0) is 9.84 Å². The quantitative estimate of drug-likeness (QED) is 0.707. The Labute approximate surface area is 168 Å². The van der Waals surface area contributed by atoms with Crippen LogP contribution in [0.2, 0.25) is 5.02 Å². The summed E-state index contributed by atoms with van der Waals surface area (Å²) in [5, 5.41) is 6.82. The molecule has 28 heavy (non-hydrogen) atoms. The molecule has 8 heteroatoms. The van der Waals surface area contributed by atoms with Crippen LogP contribution in [0.25, 0.3) is 11.3 Å². The largest absolute Gasteiger partial charge is 0.336 e. The van der Waals surface area contributed by atoms with Crippen molar-refractivity contribution in [1.82, 2.24) is 15.1 Å². The number of benzene rings is 2. The van der Waals surface area contributed by atoms with E-state index in [1.54, 1.807) is 23.1 Å². The number of nitrogens with one attached hydrogen (secondary N) is 1. The standard InChI is InChI=1S/C20H18ClN3O3S/c21-15-6-8-16(9-7-15)28(26,27)17-10-11-24(13-17)20(25)19-12-18(22-23-19)14-4-2-1-3-5-14/h1-9,12,17H,10-11,13H2,(H,22,23)/t17-/m1/s1. The van der Waals surface area contributed by atoms with E-state index in [4.69, 9.17) is 11.6 Å². The van der Waals surface area contributed by atoms with E-state index in [-0.39, 0.29) is 17.3 Å². The van der Waals surface area contributed by atoms with Gasteiger partial charge in [-0.05, 0) is 36.8 Å². The number of rotatable bonds is 4. The molecule has 0 aliphatic carbocycles. The summed E-state index contributed by atoms with van der Waals surface area (Å²) in [4.78, 5) is 14.6. The first kappa shape index (κ1) is 18.7. The van der Waals surface area contributed by atoms with Gasteiger partial charge in [0.25, 0.3) is 5.91 Å². The summed E-state index contributed by atoms with van der Waals surface area (Å²) in [6.07, 6.45) is 0.399. The molecule has 4 rings (SSSR count). The van der Waals surface area contributed by atoms with Gasteiger partial charge >= 0.3 is 0 Å². The normalized spacial score (nSPS) is 17.0. The Hall–Kier alpha value is -2.64. The van der Waals surface area contributed by atoms with Crippen molar-refractivity contribution in [1.29, 1.82) is 0 Å². The van der Waals surface area contributed by atoms with Crippen molar-refractivity contribution in [3.63, 3.8) is 0 Å². The predicted molar refractivity (Wildman–Crippen MR) is 107 cm³/mol. The summed E-state index contributed by atoms with van der Waals surface area (Å²) in [6.45, 7) is 0.541. The lowest BCUT2D eigenvalue weighted by molar-refractivity contribution is 0.0787. The van der Waals surface area contributed by atoms with Crippen LogP contribution >= 0.6 is 11.6 Å². The van der Waals surface area contributed by atoms with Crippen LogP contribution in [0.15, 0.2) is 65.6 Å². The van der Waals surface area contributed by atoms with Gasteiger partial charge in [0.15, 0.2) is 9.84 Å². The van der Waals surface area contributed by atoms with Gasteiger partial charge in [0, 0.05) is 23.7 Å². The molecule has 2 heterocycles. The van der Waals surface area contributed by atoms with Gasteiger partial charge in [0.05, 0.1) is 15.8 Å². The van der Waals surface area contributed by atoms with Gasteiger partial charge in [-0.3, -0.25) is 9.89 Å². The molecule has 3 aromatic rings. The van der Waals surface area contributed by atoms with Gasteiger partial charge < -0.3 is 4.90 Å². The second-order valence-corrected chi connectivity index (χ2v) is 9.36. The number of hydrogen-bond acceptors (Lipinski definition) is 4. The maximum Gasteiger partial charge on any atom is 0.271 e. The van der Waals surface area contributed by atoms with E-state index < -0.39 is 15.1 Å². The van der Waals surface area contributed by atoms with E-state index in [9.17, 15) is 13.2 Å². The molecule has 1 fully saturated rings. The van der Waals surface area contributed by atoms with Crippen molar-refractivity contribution in [2.24, 2.45) is 0 Å². The lowest BCUT2D eigenvalue weighted by atomic mass is 10.1. The smallest absolute Gasteiger partial charge is 0.271 e. The minimum Gasteiger partial charge on any atom is -0.336 e. The number of sulfone groups is 1. The number of likely N-dealkylation sites (tertiary alicyclic amines) is 1. The molecule has 144 valence electrons. The lowest BCUT2D eigenvalue weighted by Gasteiger charge is -2.16. The summed E-state index contributed by atoms with van der Waals surface area (Å²) in [5.41, 5.74) is 1.93. The number of carbonyl (C=O) groups excluding carboxylic acids is 1. The Morgan fingerprint density at radius 2 is 1.82 bits per heavy atom. The molecular weight excluding hydrogens is 398 g/mol. The molecule has 0 saturated carbocycles. The van der Waals surface area contributed by atoms with Crippen molar-refractivity contribution >= 4 is 27.3 Å². The van der Waals surface area contributed by atoms with E-state index in [2.05, 4.69) is 10.2 Å². The molecule has 1 aromatic heterocycles. The van der Waals surface area contributed by atoms with E-state index in [1.807, 2.05) is 30.3 Å². The number of hydrogen-bond donors (Lipinski definition) is 1. The fourth-order valence-corrected chi connectivity index (χ4v) is 5.16. The van der Waals surface area contributed by atoms with Crippen LogP contribution in [0, 0.1) is 0 Å². The predicted octanol–water partition coefficient (Wildman–Crippen LogP) is 3.42. The van der Waals surface area contributed by atoms with Crippen LogP contribution in [0.3, 0.4) is 0 Å². The molecule has 1 N–H and O–H groups in total. The van der Waals surface area contributed by atoms with Crippen LogP contribution < -0.4 is 0 Å². The first-order valence-corrected chi connectivity index (χ1v) is 10.8. The highest BCUT2D eigenvalue weighted by atomic mass is 35.5. The Balaban J connectivity index is 1.49. The summed E-state index contributed by atoms with van der Waals surface area (Å²) in [6, 6.07) is 17.4. The minimum absolute atomic E-state index is 0.156. The molecule has 1 atom stereocenters. The fraction of sp³-hybridized carbons (Fsp3) is 0.200. The highest BCUT2D eigenvalue weighted by Crippen LogP contribution is 2.26. The third-order valence-electron chi connectivity index (χ3n) is 4.89. The molecule has 1 aliphatic rings. The molecule has 0 spiro atoms. The van der Waals surface area contributed by atoms with Gasteiger partial charge in [-0.25, -0.2) is 8.42 Å². The molecule has 0 bridgehead atoms. The summed E-state index contributed by atoms with van der Waals surface area (Å²) in [7, 11) is -3.52. The Morgan fingerprint density at radius 3 is 2.54 bits per heavy atom. The van der Waals surface area contributed by atoms with Crippen molar-refractivity contribution in [3.8, 4) is 11.3 Å². The van der Waals surface area contributed by atoms with E-state index in [0.717, 1.165) is 5.56 Å². The van der Waals surface area contributed by atoms with Crippen molar-refractivity contribution in [2.75, 3.05) is 13.1 Å². The Kier molecular flexibility index (Phi) is 4.95. The molecule has 2 aromatic carbocycles. The zero-order valence-corrected chi connectivity index (χ0v) is 16.4. The van der Waals surface area contributed by atoms with Gasteiger partial charge in [0.2, 0.25) is 0 Å². The second-order valence-electron chi connectivity index (χ2n) is 6.69. The Bertz CT molecular complexity index is 1100. The monoisotopic (exact) mass is 415 g/mol. The number of carbonyl (C=O) groups is 1. The van der Waals surface area contributed by atoms with Gasteiger partial charge in [-0.1, -0.05) is 41.9 Å². The summed E-state index contributed by atoms with van der Waals surface area (Å²) in [5.74, 6) is -0.247. The number of nitrogens with zero attached hydrogens (tertiary/aromatic N) is 2. The van der Waals surface area contributed by atoms with Crippen molar-refractivity contribution < 1.29 is 13.2 Å². The first-order chi connectivity index (χ1) is 13.4. The fourth-order valence-electron chi connectivity index (χ4n) is 3.34. The van der Waals surface area contributed by atoms with Gasteiger partial charge in [-0.15, -0.1) is 0 Å². The molecule has 1 amide bonds. The average Bonchev–Trinajstić information content (AvgIpc) is 3.39. The molecule has 0 radical (unpaired) electrons. The zero-order valence-electron chi connectivity index (χ0n) is 14.9. The third kappa shape index (κ3) is 3.55. The van der Waals surface area contributed by atoms with E-state index in [1.165, 1.54) is 12.1 Å². The van der Waals surface area contributed by atoms with Crippen LogP contribution in [0.1, 0.15) is 16.9 Å². The third-order valence-corrected chi connectivity index (χ3v) is 7.33. The maximum absolute atomic E-state index is 12.8. The topological polar surface area (TPSA) is 83.1 Å². The van der Waals surface area contributed by atoms with Crippen molar-refractivity contribution in [3.05, 3.63) is 71.4 Å². The highest BCUT2D eigenvalue weighted by Gasteiger charge is 2.36. The number of H-pyrrole nitrogens is 1. The first-order valence-electron chi connectivity index (χ1n) is 8.85. The SMILES string of the molecule is O=C(c1cc(-c2ccccc2)n[nH]1)N1CC[C@@H](S(=O)(=O)c2ccc(Cl)cc2)C1. The van der Waals surface area contributed by atoms with Gasteiger partial charge in [0.1, 0.15) is 5.69 Å². The molecular formula is C20H18ClN3O3S. The molecule has 1 saturated heterocycles. The van der Waals surface area contributed by atoms with Crippen LogP contribution in [0.5, 0.6) is 0 Å². The zero-order chi connectivity index (χ0) is 19.7. The maximum atomic E-state index is 12.8. The molecule has 6 nitrogen and oxygen atoms in total. The average molecular weight is 416 g/mol. The lowest BCUT2D eigenvalue weighted by Crippen LogP contribution is -2.32. The second kappa shape index (κ2) is 7.41.